The van der Waals surface area contributed by atoms with Crippen LogP contribution in [0.3, 0.4) is 0 Å². The van der Waals surface area contributed by atoms with Gasteiger partial charge in [-0.3, -0.25) is 0 Å². The van der Waals surface area contributed by atoms with E-state index in [0.29, 0.717) is 5.92 Å². The number of rotatable bonds is 4. The molecular formula is C16H19FN2S. The van der Waals surface area contributed by atoms with E-state index in [2.05, 4.69) is 9.88 Å². The Morgan fingerprint density at radius 2 is 2.25 bits per heavy atom. The van der Waals surface area contributed by atoms with Crippen LogP contribution in [0, 0.1) is 11.7 Å². The molecule has 0 spiro atoms. The van der Waals surface area contributed by atoms with Crippen molar-refractivity contribution in [3.05, 3.63) is 47.2 Å². The first-order valence-corrected chi connectivity index (χ1v) is 8.09. The van der Waals surface area contributed by atoms with Gasteiger partial charge in [0.2, 0.25) is 0 Å². The lowest BCUT2D eigenvalue weighted by Crippen LogP contribution is -2.35. The fourth-order valence-corrected chi connectivity index (χ4v) is 3.59. The molecule has 1 saturated heterocycles. The molecule has 0 aliphatic carbocycles. The Bertz CT molecular complexity index is 541. The third kappa shape index (κ3) is 3.18. The summed E-state index contributed by atoms with van der Waals surface area (Å²) in [6.07, 6.45) is 6.21. The Balaban J connectivity index is 1.57. The molecule has 1 aromatic carbocycles. The maximum Gasteiger partial charge on any atom is 0.185 e. The number of anilines is 1. The Kier molecular flexibility index (Phi) is 4.31. The normalized spacial score (nSPS) is 19.2. The largest absolute Gasteiger partial charge is 0.348 e. The number of aromatic nitrogens is 1. The lowest BCUT2D eigenvalue weighted by Gasteiger charge is -2.32. The molecule has 3 rings (SSSR count). The van der Waals surface area contributed by atoms with Crippen molar-refractivity contribution >= 4 is 16.5 Å². The van der Waals surface area contributed by atoms with E-state index < -0.39 is 0 Å². The molecule has 1 atom stereocenters. The van der Waals surface area contributed by atoms with Gasteiger partial charge in [-0.05, 0) is 43.2 Å². The van der Waals surface area contributed by atoms with E-state index >= 15 is 0 Å². The highest BCUT2D eigenvalue weighted by molar-refractivity contribution is 7.13. The summed E-state index contributed by atoms with van der Waals surface area (Å²) in [7, 11) is 0. The van der Waals surface area contributed by atoms with Crippen molar-refractivity contribution in [2.75, 3.05) is 18.0 Å². The number of piperidine rings is 1. The molecule has 1 aromatic heterocycles. The van der Waals surface area contributed by atoms with E-state index in [1.807, 2.05) is 23.7 Å². The van der Waals surface area contributed by atoms with Crippen molar-refractivity contribution in [1.29, 1.82) is 0 Å². The summed E-state index contributed by atoms with van der Waals surface area (Å²) in [5.41, 5.74) is 0.846. The summed E-state index contributed by atoms with van der Waals surface area (Å²) in [5, 5.41) is 3.15. The molecule has 1 aliphatic rings. The minimum Gasteiger partial charge on any atom is -0.348 e. The van der Waals surface area contributed by atoms with Crippen LogP contribution in [0.2, 0.25) is 0 Å². The molecule has 2 heterocycles. The second-order valence-electron chi connectivity index (χ2n) is 5.40. The van der Waals surface area contributed by atoms with Gasteiger partial charge in [0.05, 0.1) is 0 Å². The number of hydrogen-bond donors (Lipinski definition) is 0. The van der Waals surface area contributed by atoms with Crippen molar-refractivity contribution in [2.24, 2.45) is 5.92 Å². The highest BCUT2D eigenvalue weighted by atomic mass is 32.1. The molecule has 1 fully saturated rings. The van der Waals surface area contributed by atoms with Crippen molar-refractivity contribution in [3.63, 3.8) is 0 Å². The molecule has 20 heavy (non-hydrogen) atoms. The third-order valence-corrected chi connectivity index (χ3v) is 4.82. The van der Waals surface area contributed by atoms with E-state index in [1.54, 1.807) is 23.5 Å². The Morgan fingerprint density at radius 1 is 1.35 bits per heavy atom. The zero-order valence-corrected chi connectivity index (χ0v) is 12.3. The number of halogens is 1. The Labute approximate surface area is 123 Å². The van der Waals surface area contributed by atoms with E-state index in [4.69, 9.17) is 0 Å². The minimum atomic E-state index is -0.0694. The molecule has 2 nitrogen and oxygen atoms in total. The monoisotopic (exact) mass is 290 g/mol. The summed E-state index contributed by atoms with van der Waals surface area (Å²) in [6.45, 7) is 2.16. The van der Waals surface area contributed by atoms with E-state index in [-0.39, 0.29) is 5.82 Å². The molecular weight excluding hydrogens is 271 g/mol. The van der Waals surface area contributed by atoms with Crippen molar-refractivity contribution in [2.45, 2.75) is 25.7 Å². The van der Waals surface area contributed by atoms with Crippen molar-refractivity contribution < 1.29 is 4.39 Å². The quantitative estimate of drug-likeness (QED) is 0.841. The predicted octanol–water partition coefficient (Wildman–Crippen LogP) is 4.13. The van der Waals surface area contributed by atoms with Crippen LogP contribution in [0.5, 0.6) is 0 Å². The second-order valence-corrected chi connectivity index (χ2v) is 6.27. The molecule has 4 heteroatoms. The lowest BCUT2D eigenvalue weighted by atomic mass is 9.92. The summed E-state index contributed by atoms with van der Waals surface area (Å²) < 4.78 is 13.6. The van der Waals surface area contributed by atoms with Crippen LogP contribution < -0.4 is 4.90 Å². The molecule has 0 unspecified atom stereocenters. The molecule has 0 radical (unpaired) electrons. The number of thiazole rings is 1. The summed E-state index contributed by atoms with van der Waals surface area (Å²) in [4.78, 5) is 6.77. The van der Waals surface area contributed by atoms with Crippen LogP contribution in [0.15, 0.2) is 35.8 Å². The zero-order chi connectivity index (χ0) is 13.8. The molecule has 1 aliphatic heterocycles. The van der Waals surface area contributed by atoms with Gasteiger partial charge >= 0.3 is 0 Å². The average molecular weight is 290 g/mol. The van der Waals surface area contributed by atoms with Gasteiger partial charge in [-0.25, -0.2) is 9.37 Å². The first-order chi connectivity index (χ1) is 9.83. The van der Waals surface area contributed by atoms with Crippen molar-refractivity contribution in [3.8, 4) is 0 Å². The fraction of sp³-hybridized carbons (Fsp3) is 0.438. The van der Waals surface area contributed by atoms with Gasteiger partial charge < -0.3 is 4.90 Å². The highest BCUT2D eigenvalue weighted by Gasteiger charge is 2.21. The van der Waals surface area contributed by atoms with E-state index in [9.17, 15) is 4.39 Å². The van der Waals surface area contributed by atoms with Crippen LogP contribution in [0.25, 0.3) is 0 Å². The van der Waals surface area contributed by atoms with Gasteiger partial charge in [-0.2, -0.15) is 0 Å². The van der Waals surface area contributed by atoms with Gasteiger partial charge in [-0.1, -0.05) is 18.2 Å². The third-order valence-electron chi connectivity index (χ3n) is 3.99. The van der Waals surface area contributed by atoms with Gasteiger partial charge in [0.1, 0.15) is 5.82 Å². The first kappa shape index (κ1) is 13.6. The lowest BCUT2D eigenvalue weighted by molar-refractivity contribution is 0.389. The standard InChI is InChI=1S/C16H19FN2S/c17-15-6-2-1-5-14(15)8-7-13-4-3-10-19(12-13)16-18-9-11-20-16/h1-2,5-6,9,11,13H,3-4,7-8,10,12H2/t13-/m0/s1. The average Bonchev–Trinajstić information content (AvgIpc) is 3.01. The number of nitrogens with zero attached hydrogens (tertiary/aromatic N) is 2. The van der Waals surface area contributed by atoms with Gasteiger partial charge in [-0.15, -0.1) is 11.3 Å². The summed E-state index contributed by atoms with van der Waals surface area (Å²) in [6, 6.07) is 7.12. The molecule has 0 saturated carbocycles. The number of hydrogen-bond acceptors (Lipinski definition) is 3. The van der Waals surface area contributed by atoms with Gasteiger partial charge in [0, 0.05) is 24.7 Å². The maximum atomic E-state index is 13.6. The summed E-state index contributed by atoms with van der Waals surface area (Å²) >= 11 is 1.70. The Morgan fingerprint density at radius 3 is 3.05 bits per heavy atom. The zero-order valence-electron chi connectivity index (χ0n) is 11.5. The van der Waals surface area contributed by atoms with Gasteiger partial charge in [0.25, 0.3) is 0 Å². The molecule has 0 amide bonds. The van der Waals surface area contributed by atoms with Crippen LogP contribution in [-0.2, 0) is 6.42 Å². The van der Waals surface area contributed by atoms with Crippen LogP contribution in [0.1, 0.15) is 24.8 Å². The van der Waals surface area contributed by atoms with Gasteiger partial charge in [0.15, 0.2) is 5.13 Å². The number of benzene rings is 1. The maximum absolute atomic E-state index is 13.6. The van der Waals surface area contributed by atoms with E-state index in [1.165, 1.54) is 12.8 Å². The summed E-state index contributed by atoms with van der Waals surface area (Å²) in [5.74, 6) is 0.576. The van der Waals surface area contributed by atoms with Crippen LogP contribution >= 0.6 is 11.3 Å². The van der Waals surface area contributed by atoms with E-state index in [0.717, 1.165) is 36.6 Å². The fourth-order valence-electron chi connectivity index (χ4n) is 2.91. The molecule has 106 valence electrons. The van der Waals surface area contributed by atoms with Crippen LogP contribution in [0.4, 0.5) is 9.52 Å². The second kappa shape index (κ2) is 6.35. The minimum absolute atomic E-state index is 0.0694. The van der Waals surface area contributed by atoms with Crippen LogP contribution in [-0.4, -0.2) is 18.1 Å². The predicted molar refractivity (Wildman–Crippen MR) is 81.8 cm³/mol. The highest BCUT2D eigenvalue weighted by Crippen LogP contribution is 2.27. The molecule has 0 N–H and O–H groups in total. The topological polar surface area (TPSA) is 16.1 Å². The smallest absolute Gasteiger partial charge is 0.185 e. The van der Waals surface area contributed by atoms with Crippen molar-refractivity contribution in [1.82, 2.24) is 4.98 Å². The number of aryl methyl sites for hydroxylation is 1. The SMILES string of the molecule is Fc1ccccc1CC[C@@H]1CCCN(c2nccs2)C1. The first-order valence-electron chi connectivity index (χ1n) is 7.21. The molecule has 0 bridgehead atoms. The Hall–Kier alpha value is -1.42. The molecule has 2 aromatic rings.